The Kier molecular flexibility index (Phi) is 4.38. The first-order chi connectivity index (χ1) is 3.63. The van der Waals surface area contributed by atoms with Crippen molar-refractivity contribution >= 4 is 12.6 Å². The lowest BCUT2D eigenvalue weighted by molar-refractivity contribution is 0.590. The zero-order chi connectivity index (χ0) is 6.57. The van der Waals surface area contributed by atoms with E-state index in [2.05, 4.69) is 38.7 Å². The summed E-state index contributed by atoms with van der Waals surface area (Å²) in [7, 11) is 0. The van der Waals surface area contributed by atoms with Gasteiger partial charge in [0.05, 0.1) is 0 Å². The maximum atomic E-state index is 4.21. The lowest BCUT2D eigenvalue weighted by Gasteiger charge is -2.08. The van der Waals surface area contributed by atoms with E-state index in [0.717, 1.165) is 6.54 Å². The summed E-state index contributed by atoms with van der Waals surface area (Å²) in [5.74, 6) is 0. The molecule has 1 atom stereocenters. The molecule has 0 saturated carbocycles. The molecule has 0 aromatic rings. The number of rotatable bonds is 3. The second-order valence-electron chi connectivity index (χ2n) is 2.41. The van der Waals surface area contributed by atoms with Crippen LogP contribution in [0.3, 0.4) is 0 Å². The molecule has 0 bridgehead atoms. The fraction of sp³-hybridized carbons (Fsp3) is 1.00. The first-order valence-corrected chi connectivity index (χ1v) is 3.56. The van der Waals surface area contributed by atoms with Crippen molar-refractivity contribution in [3.8, 4) is 0 Å². The van der Waals surface area contributed by atoms with Gasteiger partial charge in [0.15, 0.2) is 0 Å². The first-order valence-electron chi connectivity index (χ1n) is 3.04. The third-order valence-electron chi connectivity index (χ3n) is 0.822. The summed E-state index contributed by atoms with van der Waals surface area (Å²) in [6.07, 6.45) is 0. The van der Waals surface area contributed by atoms with Crippen LogP contribution in [0.5, 0.6) is 0 Å². The Morgan fingerprint density at radius 1 is 1.38 bits per heavy atom. The molecule has 1 N–H and O–H groups in total. The minimum Gasteiger partial charge on any atom is -0.313 e. The number of hydrogen-bond donors (Lipinski definition) is 2. The largest absolute Gasteiger partial charge is 0.313 e. The molecule has 0 amide bonds. The van der Waals surface area contributed by atoms with Crippen molar-refractivity contribution in [2.45, 2.75) is 32.1 Å². The van der Waals surface area contributed by atoms with E-state index >= 15 is 0 Å². The molecule has 0 rings (SSSR count). The van der Waals surface area contributed by atoms with Crippen LogP contribution in [0, 0.1) is 0 Å². The fourth-order valence-corrected chi connectivity index (χ4v) is 0.512. The monoisotopic (exact) mass is 133 g/mol. The smallest absolute Gasteiger partial charge is 0.0114 e. The Balaban J connectivity index is 2.93. The predicted molar refractivity (Wildman–Crippen MR) is 41.6 cm³/mol. The Hall–Kier alpha value is 0.310. The summed E-state index contributed by atoms with van der Waals surface area (Å²) in [6.45, 7) is 7.35. The van der Waals surface area contributed by atoms with Gasteiger partial charge >= 0.3 is 0 Å². The highest BCUT2D eigenvalue weighted by Gasteiger charge is 1.94. The second kappa shape index (κ2) is 4.21. The normalized spacial score (nSPS) is 14.6. The van der Waals surface area contributed by atoms with Gasteiger partial charge in [-0.3, -0.25) is 0 Å². The minimum absolute atomic E-state index is 0.470. The minimum atomic E-state index is 0.470. The van der Waals surface area contributed by atoms with E-state index in [1.807, 2.05) is 0 Å². The predicted octanol–water partition coefficient (Wildman–Crippen LogP) is 1.30. The maximum Gasteiger partial charge on any atom is 0.0114 e. The topological polar surface area (TPSA) is 12.0 Å². The molecule has 0 unspecified atom stereocenters. The van der Waals surface area contributed by atoms with Gasteiger partial charge in [0.2, 0.25) is 0 Å². The lowest BCUT2D eigenvalue weighted by Crippen LogP contribution is -2.27. The Bertz CT molecular complexity index is 44.5. The van der Waals surface area contributed by atoms with Crippen molar-refractivity contribution in [2.75, 3.05) is 6.54 Å². The highest BCUT2D eigenvalue weighted by atomic mass is 32.1. The van der Waals surface area contributed by atoms with Crippen LogP contribution in [0.25, 0.3) is 0 Å². The molecule has 0 aliphatic rings. The molecule has 0 heterocycles. The van der Waals surface area contributed by atoms with Crippen molar-refractivity contribution in [3.05, 3.63) is 0 Å². The van der Waals surface area contributed by atoms with Gasteiger partial charge in [-0.25, -0.2) is 0 Å². The van der Waals surface area contributed by atoms with E-state index in [4.69, 9.17) is 0 Å². The Labute approximate surface area is 57.3 Å². The van der Waals surface area contributed by atoms with Gasteiger partial charge < -0.3 is 5.32 Å². The number of thiol groups is 1. The van der Waals surface area contributed by atoms with Crippen LogP contribution in [0.15, 0.2) is 0 Å². The molecule has 0 radical (unpaired) electrons. The van der Waals surface area contributed by atoms with Crippen LogP contribution in [0.4, 0.5) is 0 Å². The highest BCUT2D eigenvalue weighted by molar-refractivity contribution is 7.80. The molecule has 0 aliphatic heterocycles. The van der Waals surface area contributed by atoms with Gasteiger partial charge in [0.1, 0.15) is 0 Å². The zero-order valence-corrected chi connectivity index (χ0v) is 6.70. The molecular formula is C6H15NS. The van der Waals surface area contributed by atoms with Crippen molar-refractivity contribution < 1.29 is 0 Å². The van der Waals surface area contributed by atoms with Crippen LogP contribution in [-0.4, -0.2) is 17.8 Å². The van der Waals surface area contributed by atoms with Crippen molar-refractivity contribution in [3.63, 3.8) is 0 Å². The van der Waals surface area contributed by atoms with Crippen LogP contribution in [0.2, 0.25) is 0 Å². The van der Waals surface area contributed by atoms with Crippen molar-refractivity contribution in [1.82, 2.24) is 5.32 Å². The third kappa shape index (κ3) is 6.31. The quantitative estimate of drug-likeness (QED) is 0.553. The van der Waals surface area contributed by atoms with Gasteiger partial charge in [-0.05, 0) is 0 Å². The number of nitrogens with one attached hydrogen (secondary N) is 1. The lowest BCUT2D eigenvalue weighted by atomic mass is 10.3. The molecule has 0 aromatic carbocycles. The molecule has 0 spiro atoms. The highest BCUT2D eigenvalue weighted by Crippen LogP contribution is 1.89. The van der Waals surface area contributed by atoms with E-state index in [-0.39, 0.29) is 0 Å². The van der Waals surface area contributed by atoms with E-state index in [0.29, 0.717) is 11.3 Å². The van der Waals surface area contributed by atoms with Gasteiger partial charge in [0.25, 0.3) is 0 Å². The van der Waals surface area contributed by atoms with Crippen molar-refractivity contribution in [1.29, 1.82) is 0 Å². The molecular weight excluding hydrogens is 118 g/mol. The fourth-order valence-electron chi connectivity index (χ4n) is 0.406. The van der Waals surface area contributed by atoms with Gasteiger partial charge in [-0.2, -0.15) is 12.6 Å². The summed E-state index contributed by atoms with van der Waals surface area (Å²) in [4.78, 5) is 0. The third-order valence-corrected chi connectivity index (χ3v) is 1.00. The van der Waals surface area contributed by atoms with E-state index < -0.39 is 0 Å². The molecule has 0 fully saturated rings. The Morgan fingerprint density at radius 3 is 2.00 bits per heavy atom. The van der Waals surface area contributed by atoms with Gasteiger partial charge in [0, 0.05) is 17.8 Å². The summed E-state index contributed by atoms with van der Waals surface area (Å²) >= 11 is 4.21. The molecule has 0 aromatic heterocycles. The number of hydrogen-bond acceptors (Lipinski definition) is 2. The summed E-state index contributed by atoms with van der Waals surface area (Å²) in [6, 6.07) is 0.588. The first kappa shape index (κ1) is 8.31. The average Bonchev–Trinajstić information content (AvgIpc) is 1.61. The molecule has 0 aliphatic carbocycles. The summed E-state index contributed by atoms with van der Waals surface area (Å²) in [5.41, 5.74) is 0. The molecule has 1 nitrogen and oxygen atoms in total. The van der Waals surface area contributed by atoms with Crippen LogP contribution >= 0.6 is 12.6 Å². The second-order valence-corrected chi connectivity index (χ2v) is 3.29. The van der Waals surface area contributed by atoms with Gasteiger partial charge in [-0.15, -0.1) is 0 Å². The molecule has 50 valence electrons. The van der Waals surface area contributed by atoms with Gasteiger partial charge in [-0.1, -0.05) is 20.8 Å². The maximum absolute atomic E-state index is 4.21. The van der Waals surface area contributed by atoms with Crippen LogP contribution in [0.1, 0.15) is 20.8 Å². The van der Waals surface area contributed by atoms with E-state index in [1.165, 1.54) is 0 Å². The zero-order valence-electron chi connectivity index (χ0n) is 5.81. The summed E-state index contributed by atoms with van der Waals surface area (Å²) < 4.78 is 0. The Morgan fingerprint density at radius 2 is 1.88 bits per heavy atom. The van der Waals surface area contributed by atoms with Crippen molar-refractivity contribution in [2.24, 2.45) is 0 Å². The van der Waals surface area contributed by atoms with Crippen LogP contribution in [-0.2, 0) is 0 Å². The summed E-state index contributed by atoms with van der Waals surface area (Å²) in [5, 5.41) is 3.74. The molecule has 2 heteroatoms. The molecule has 0 saturated heterocycles. The van der Waals surface area contributed by atoms with E-state index in [1.54, 1.807) is 0 Å². The van der Waals surface area contributed by atoms with Crippen LogP contribution < -0.4 is 5.32 Å². The van der Waals surface area contributed by atoms with E-state index in [9.17, 15) is 0 Å². The average molecular weight is 133 g/mol. The SMILES string of the molecule is CC(C)NC[C@H](C)S. The molecule has 8 heavy (non-hydrogen) atoms. The standard InChI is InChI=1S/C6H15NS/c1-5(2)7-4-6(3)8/h5-8H,4H2,1-3H3/t6-/m0/s1.